The number of hydrogen-bond acceptors (Lipinski definition) is 5. The topological polar surface area (TPSA) is 108 Å². The summed E-state index contributed by atoms with van der Waals surface area (Å²) in [4.78, 5) is 5.51. The molecular formula is C39H39B2FeN10. The smallest absolute Gasteiger partial charge is 0.699 e. The second kappa shape index (κ2) is 15.1. The summed E-state index contributed by atoms with van der Waals surface area (Å²) in [5.74, 6) is 0. The number of hydrogen-bond donors (Lipinski definition) is 0. The van der Waals surface area contributed by atoms with Crippen LogP contribution < -0.4 is 22.1 Å². The standard InChI is InChI=1S/C29H25B2N9.C10H14N.Fe/c1-3-12-26(13-4-1)30(37-22-8-18-32-37,38-23-9-19-33-38)28-16-7-17-29(36-28)31(39-24-10-20-34-39,40-25-11-21-35-40)27-14-5-2-6-15-27;1-10(2,3)8-4-6-9(11)7-5-8;/h1-25H;4-7,11H,1-3H3;/q-2;-1;+3. The molecule has 8 rings (SSSR count). The van der Waals surface area contributed by atoms with Crippen molar-refractivity contribution in [1.82, 2.24) is 43.7 Å². The molecule has 0 spiro atoms. The average Bonchev–Trinajstić information content (AvgIpc) is 4.00. The zero-order valence-corrected chi connectivity index (χ0v) is 30.4. The summed E-state index contributed by atoms with van der Waals surface area (Å²) in [6.45, 7) is 6.52. The molecular weight excluding hydrogens is 686 g/mol. The fourth-order valence-electron chi connectivity index (χ4n) is 7.07. The summed E-state index contributed by atoms with van der Waals surface area (Å²) in [5, 5.41) is 19.0. The predicted octanol–water partition coefficient (Wildman–Crippen LogP) is 4.84. The summed E-state index contributed by atoms with van der Waals surface area (Å²) in [5.41, 5.74) is 13.0. The molecule has 0 bridgehead atoms. The molecule has 0 aliphatic rings. The Balaban J connectivity index is 0.000000334. The second-order valence-corrected chi connectivity index (χ2v) is 13.6. The molecule has 0 aliphatic carbocycles. The Morgan fingerprint density at radius 1 is 0.462 bits per heavy atom. The minimum Gasteiger partial charge on any atom is -0.699 e. The molecule has 0 amide bonds. The van der Waals surface area contributed by atoms with Gasteiger partial charge in [-0.2, -0.15) is 10.9 Å². The van der Waals surface area contributed by atoms with Crippen LogP contribution in [0.5, 0.6) is 0 Å². The average molecular weight is 725 g/mol. The van der Waals surface area contributed by atoms with E-state index >= 15 is 0 Å². The van der Waals surface area contributed by atoms with E-state index in [0.29, 0.717) is 5.69 Å². The third-order valence-electron chi connectivity index (χ3n) is 9.53. The largest absolute Gasteiger partial charge is 3.00 e. The van der Waals surface area contributed by atoms with Gasteiger partial charge in [-0.1, -0.05) is 135 Å². The molecule has 0 saturated carbocycles. The molecule has 0 saturated heterocycles. The van der Waals surface area contributed by atoms with Gasteiger partial charge in [-0.25, -0.2) is 20.4 Å². The van der Waals surface area contributed by atoms with E-state index in [4.69, 9.17) is 31.1 Å². The first-order valence-electron chi connectivity index (χ1n) is 17.1. The molecule has 13 heteroatoms. The zero-order chi connectivity index (χ0) is 35.3. The number of nitrogens with one attached hydrogen (secondary N) is 1. The first kappa shape index (κ1) is 35.9. The van der Waals surface area contributed by atoms with E-state index in [0.717, 1.165) is 22.1 Å². The summed E-state index contributed by atoms with van der Waals surface area (Å²) < 4.78 is 7.86. The zero-order valence-electron chi connectivity index (χ0n) is 29.3. The summed E-state index contributed by atoms with van der Waals surface area (Å²) in [6, 6.07) is 42.2. The number of rotatable bonds is 8. The Labute approximate surface area is 314 Å². The molecule has 5 heterocycles. The molecule has 52 heavy (non-hydrogen) atoms. The molecule has 8 aromatic rings. The van der Waals surface area contributed by atoms with Crippen LogP contribution in [0.3, 0.4) is 0 Å². The molecule has 0 aliphatic heterocycles. The van der Waals surface area contributed by atoms with Gasteiger partial charge in [0.15, 0.2) is 0 Å². The Morgan fingerprint density at radius 2 is 0.827 bits per heavy atom. The van der Waals surface area contributed by atoms with Crippen molar-refractivity contribution in [3.8, 4) is 0 Å². The monoisotopic (exact) mass is 725 g/mol. The van der Waals surface area contributed by atoms with E-state index in [1.165, 1.54) is 5.56 Å². The second-order valence-electron chi connectivity index (χ2n) is 13.6. The third kappa shape index (κ3) is 6.52. The van der Waals surface area contributed by atoms with Crippen molar-refractivity contribution < 1.29 is 17.1 Å². The van der Waals surface area contributed by atoms with Crippen LogP contribution in [0.2, 0.25) is 0 Å². The van der Waals surface area contributed by atoms with Crippen LogP contribution in [0.25, 0.3) is 5.73 Å². The van der Waals surface area contributed by atoms with Gasteiger partial charge in [0.1, 0.15) is 0 Å². The third-order valence-corrected chi connectivity index (χ3v) is 9.53. The minimum absolute atomic E-state index is 0. The molecule has 10 nitrogen and oxygen atoms in total. The van der Waals surface area contributed by atoms with Crippen molar-refractivity contribution >= 4 is 40.6 Å². The Morgan fingerprint density at radius 3 is 1.13 bits per heavy atom. The number of aromatic nitrogens is 9. The molecule has 0 atom stereocenters. The first-order chi connectivity index (χ1) is 24.8. The van der Waals surface area contributed by atoms with Crippen LogP contribution >= 0.6 is 0 Å². The van der Waals surface area contributed by atoms with Gasteiger partial charge in [0.25, 0.3) is 12.8 Å². The van der Waals surface area contributed by atoms with Crippen molar-refractivity contribution in [3.63, 3.8) is 0 Å². The van der Waals surface area contributed by atoms with Crippen molar-refractivity contribution in [2.24, 2.45) is 0 Å². The van der Waals surface area contributed by atoms with E-state index in [9.17, 15) is 0 Å². The predicted molar refractivity (Wildman–Crippen MR) is 207 cm³/mol. The Kier molecular flexibility index (Phi) is 10.5. The number of pyridine rings is 1. The maximum atomic E-state index is 7.30. The first-order valence-corrected chi connectivity index (χ1v) is 17.1. The minimum atomic E-state index is -1.96. The van der Waals surface area contributed by atoms with Crippen molar-refractivity contribution in [2.75, 3.05) is 0 Å². The van der Waals surface area contributed by atoms with Gasteiger partial charge in [-0.3, -0.25) is 0 Å². The van der Waals surface area contributed by atoms with Crippen LogP contribution in [0.15, 0.2) is 177 Å². The summed E-state index contributed by atoms with van der Waals surface area (Å²) in [7, 11) is 0. The molecule has 0 fully saturated rings. The molecule has 3 aromatic carbocycles. The van der Waals surface area contributed by atoms with Crippen molar-refractivity contribution in [2.45, 2.75) is 26.2 Å². The summed E-state index contributed by atoms with van der Waals surface area (Å²) >= 11 is 0. The maximum Gasteiger partial charge on any atom is 3.00 e. The molecule has 0 unspecified atom stereocenters. The van der Waals surface area contributed by atoms with Crippen LogP contribution in [-0.2, 0) is 22.5 Å². The Hall–Kier alpha value is -5.90. The van der Waals surface area contributed by atoms with Gasteiger partial charge in [0.05, 0.1) is 0 Å². The van der Waals surface area contributed by atoms with Gasteiger partial charge in [-0.15, -0.1) is 5.69 Å². The molecule has 5 aromatic heterocycles. The fourth-order valence-corrected chi connectivity index (χ4v) is 7.07. The SMILES string of the molecule is CC(C)(C)c1ccc([NH-])cc1.[Fe+3].c1ccc([B-](c2cccc([B-](c3ccccc3)(n3cccn3)n3cccn3)n2)(n2cccn2)n2cccn2)cc1. The Bertz CT molecular complexity index is 2040. The summed E-state index contributed by atoms with van der Waals surface area (Å²) in [6.07, 6.45) is 11.1. The van der Waals surface area contributed by atoms with Gasteiger partial charge in [-0.05, 0) is 60.0 Å². The normalized spacial score (nSPS) is 11.7. The quantitative estimate of drug-likeness (QED) is 0.209. The van der Waals surface area contributed by atoms with Gasteiger partial charge >= 0.3 is 17.1 Å². The van der Waals surface area contributed by atoms with Crippen LogP contribution in [0, 0.1) is 0 Å². The van der Waals surface area contributed by atoms with Crippen LogP contribution in [0.4, 0.5) is 5.69 Å². The number of benzene rings is 3. The van der Waals surface area contributed by atoms with E-state index in [-0.39, 0.29) is 22.5 Å². The van der Waals surface area contributed by atoms with Crippen molar-refractivity contribution in [1.29, 1.82) is 0 Å². The fraction of sp³-hybridized carbons (Fsp3) is 0.103. The van der Waals surface area contributed by atoms with Gasteiger partial charge in [0, 0.05) is 24.8 Å². The van der Waals surface area contributed by atoms with Crippen LogP contribution in [-0.4, -0.2) is 56.6 Å². The van der Waals surface area contributed by atoms with E-state index < -0.39 is 12.8 Å². The molecule has 259 valence electrons. The van der Waals surface area contributed by atoms with Crippen molar-refractivity contribution in [3.05, 3.63) is 188 Å². The molecule has 1 N–H and O–H groups in total. The van der Waals surface area contributed by atoms with Gasteiger partial charge in [0.2, 0.25) is 0 Å². The molecule has 1 radical (unpaired) electrons. The van der Waals surface area contributed by atoms with Crippen LogP contribution in [0.1, 0.15) is 26.3 Å². The van der Waals surface area contributed by atoms with E-state index in [1.54, 1.807) is 24.8 Å². The van der Waals surface area contributed by atoms with E-state index in [2.05, 4.69) is 63.2 Å². The van der Waals surface area contributed by atoms with E-state index in [1.807, 2.05) is 128 Å². The van der Waals surface area contributed by atoms with Gasteiger partial charge < -0.3 is 29.1 Å². The number of nitrogens with zero attached hydrogens (tertiary/aromatic N) is 9. The maximum absolute atomic E-state index is 7.30.